The van der Waals surface area contributed by atoms with Crippen LogP contribution in [0.3, 0.4) is 0 Å². The number of esters is 1. The minimum Gasteiger partial charge on any atom is -0.454 e. The van der Waals surface area contributed by atoms with Crippen LogP contribution in [0, 0.1) is 10.1 Å². The zero-order valence-electron chi connectivity index (χ0n) is 16.7. The summed E-state index contributed by atoms with van der Waals surface area (Å²) in [7, 11) is 0. The predicted octanol–water partition coefficient (Wildman–Crippen LogP) is 3.02. The Morgan fingerprint density at radius 2 is 1.87 bits per heavy atom. The number of nitrogens with zero attached hydrogens (tertiary/aromatic N) is 1. The van der Waals surface area contributed by atoms with Gasteiger partial charge in [0.1, 0.15) is 6.54 Å². The van der Waals surface area contributed by atoms with E-state index in [1.807, 2.05) is 19.1 Å². The molecule has 2 aromatic carbocycles. The summed E-state index contributed by atoms with van der Waals surface area (Å²) in [6.07, 6.45) is 0.909. The molecule has 1 atom stereocenters. The van der Waals surface area contributed by atoms with Crippen LogP contribution in [0.1, 0.15) is 42.1 Å². The van der Waals surface area contributed by atoms with Gasteiger partial charge in [-0.25, -0.2) is 0 Å². The first-order valence-corrected chi connectivity index (χ1v) is 9.38. The van der Waals surface area contributed by atoms with Crippen LogP contribution in [0.25, 0.3) is 0 Å². The van der Waals surface area contributed by atoms with Gasteiger partial charge in [-0.15, -0.1) is 0 Å². The smallest absolute Gasteiger partial charge is 0.325 e. The normalized spacial score (nSPS) is 11.3. The third-order valence-corrected chi connectivity index (χ3v) is 4.45. The molecule has 0 aliphatic rings. The van der Waals surface area contributed by atoms with Gasteiger partial charge in [0.2, 0.25) is 0 Å². The van der Waals surface area contributed by atoms with Crippen LogP contribution in [-0.4, -0.2) is 35.9 Å². The number of amides is 2. The Balaban J connectivity index is 1.82. The van der Waals surface area contributed by atoms with Crippen molar-refractivity contribution in [3.8, 4) is 0 Å². The summed E-state index contributed by atoms with van der Waals surface area (Å²) in [4.78, 5) is 46.1. The lowest BCUT2D eigenvalue weighted by atomic mass is 9.97. The van der Waals surface area contributed by atoms with Crippen LogP contribution in [0.5, 0.6) is 0 Å². The monoisotopic (exact) mass is 413 g/mol. The van der Waals surface area contributed by atoms with Crippen LogP contribution in [-0.2, 0) is 14.3 Å². The van der Waals surface area contributed by atoms with E-state index >= 15 is 0 Å². The fourth-order valence-corrected chi connectivity index (χ4v) is 2.66. The van der Waals surface area contributed by atoms with Gasteiger partial charge in [-0.05, 0) is 30.0 Å². The standard InChI is InChI=1S/C21H23N3O6/c1-3-14(2)17-9-4-5-10-18(17)23-19(25)13-30-20(26)12-22-21(27)15-7-6-8-16(11-15)24(28)29/h4-11,14H,3,12-13H2,1-2H3,(H,22,27)(H,23,25)/t14-/m1/s1. The molecular formula is C21H23N3O6. The first-order valence-electron chi connectivity index (χ1n) is 9.38. The molecule has 0 unspecified atom stereocenters. The van der Waals surface area contributed by atoms with Gasteiger partial charge in [0.05, 0.1) is 4.92 Å². The van der Waals surface area contributed by atoms with Crippen molar-refractivity contribution in [2.75, 3.05) is 18.5 Å². The number of nitro benzene ring substituents is 1. The summed E-state index contributed by atoms with van der Waals surface area (Å²) >= 11 is 0. The number of hydrogen-bond acceptors (Lipinski definition) is 6. The van der Waals surface area contributed by atoms with Gasteiger partial charge in [-0.1, -0.05) is 38.1 Å². The average molecular weight is 413 g/mol. The maximum absolute atomic E-state index is 12.1. The van der Waals surface area contributed by atoms with Crippen LogP contribution in [0.15, 0.2) is 48.5 Å². The van der Waals surface area contributed by atoms with Gasteiger partial charge in [0.15, 0.2) is 6.61 Å². The topological polar surface area (TPSA) is 128 Å². The Labute approximate surface area is 173 Å². The number of anilines is 1. The number of nitrogens with one attached hydrogen (secondary N) is 2. The molecule has 0 aromatic heterocycles. The highest BCUT2D eigenvalue weighted by Gasteiger charge is 2.15. The average Bonchev–Trinajstić information content (AvgIpc) is 2.75. The molecule has 0 bridgehead atoms. The van der Waals surface area contributed by atoms with Gasteiger partial charge in [-0.2, -0.15) is 0 Å². The molecular weight excluding hydrogens is 390 g/mol. The molecule has 0 aliphatic carbocycles. The fraction of sp³-hybridized carbons (Fsp3) is 0.286. The highest BCUT2D eigenvalue weighted by molar-refractivity contribution is 5.97. The second kappa shape index (κ2) is 10.7. The first-order chi connectivity index (χ1) is 14.3. The lowest BCUT2D eigenvalue weighted by molar-refractivity contribution is -0.384. The Kier molecular flexibility index (Phi) is 8.04. The lowest BCUT2D eigenvalue weighted by Gasteiger charge is -2.15. The summed E-state index contributed by atoms with van der Waals surface area (Å²) in [6, 6.07) is 12.5. The molecule has 0 saturated carbocycles. The minimum atomic E-state index is -0.806. The van der Waals surface area contributed by atoms with E-state index in [4.69, 9.17) is 4.74 Å². The molecule has 2 aromatic rings. The van der Waals surface area contributed by atoms with Gasteiger partial charge in [0, 0.05) is 23.4 Å². The summed E-state index contributed by atoms with van der Waals surface area (Å²) in [5.41, 5.74) is 1.45. The fourth-order valence-electron chi connectivity index (χ4n) is 2.66. The molecule has 2 amide bonds. The van der Waals surface area contributed by atoms with E-state index < -0.39 is 35.9 Å². The number of ether oxygens (including phenoxy) is 1. The van der Waals surface area contributed by atoms with E-state index in [0.29, 0.717) is 5.69 Å². The van der Waals surface area contributed by atoms with Crippen molar-refractivity contribution in [3.63, 3.8) is 0 Å². The Bertz CT molecular complexity index is 944. The molecule has 9 heteroatoms. The zero-order chi connectivity index (χ0) is 22.1. The van der Waals surface area contributed by atoms with Crippen molar-refractivity contribution in [2.24, 2.45) is 0 Å². The second-order valence-electron chi connectivity index (χ2n) is 6.60. The van der Waals surface area contributed by atoms with Crippen LogP contribution < -0.4 is 10.6 Å². The Hall–Kier alpha value is -3.75. The molecule has 0 fully saturated rings. The van der Waals surface area contributed by atoms with E-state index in [0.717, 1.165) is 18.1 Å². The van der Waals surface area contributed by atoms with Crippen molar-refractivity contribution < 1.29 is 24.0 Å². The maximum atomic E-state index is 12.1. The van der Waals surface area contributed by atoms with E-state index in [-0.39, 0.29) is 17.2 Å². The van der Waals surface area contributed by atoms with Gasteiger partial charge >= 0.3 is 5.97 Å². The van der Waals surface area contributed by atoms with Gasteiger partial charge in [0.25, 0.3) is 17.5 Å². The number of hydrogen-bond donors (Lipinski definition) is 2. The van der Waals surface area contributed by atoms with Crippen molar-refractivity contribution >= 4 is 29.2 Å². The summed E-state index contributed by atoms with van der Waals surface area (Å²) < 4.78 is 4.88. The molecule has 0 heterocycles. The number of non-ortho nitro benzene ring substituents is 1. The summed E-state index contributed by atoms with van der Waals surface area (Å²) in [5.74, 6) is -1.71. The zero-order valence-corrected chi connectivity index (χ0v) is 16.7. The predicted molar refractivity (Wildman–Crippen MR) is 110 cm³/mol. The summed E-state index contributed by atoms with van der Waals surface area (Å²) in [6.45, 7) is 3.13. The first kappa shape index (κ1) is 22.5. The van der Waals surface area contributed by atoms with Gasteiger partial charge < -0.3 is 15.4 Å². The molecule has 2 N–H and O–H groups in total. The minimum absolute atomic E-state index is 0.0383. The molecule has 0 spiro atoms. The number of rotatable bonds is 9. The molecule has 0 saturated heterocycles. The second-order valence-corrected chi connectivity index (χ2v) is 6.60. The van der Waals surface area contributed by atoms with Crippen molar-refractivity contribution in [3.05, 3.63) is 69.8 Å². The molecule has 0 aliphatic heterocycles. The van der Waals surface area contributed by atoms with Crippen LogP contribution >= 0.6 is 0 Å². The largest absolute Gasteiger partial charge is 0.454 e. The molecule has 2 rings (SSSR count). The molecule has 0 radical (unpaired) electrons. The third kappa shape index (κ3) is 6.40. The van der Waals surface area contributed by atoms with E-state index in [9.17, 15) is 24.5 Å². The Morgan fingerprint density at radius 1 is 1.13 bits per heavy atom. The van der Waals surface area contributed by atoms with Crippen molar-refractivity contribution in [1.29, 1.82) is 0 Å². The molecule has 9 nitrogen and oxygen atoms in total. The number of carbonyl (C=O) groups is 3. The van der Waals surface area contributed by atoms with E-state index in [1.54, 1.807) is 12.1 Å². The highest BCUT2D eigenvalue weighted by atomic mass is 16.6. The molecule has 158 valence electrons. The maximum Gasteiger partial charge on any atom is 0.325 e. The van der Waals surface area contributed by atoms with Gasteiger partial charge in [-0.3, -0.25) is 24.5 Å². The van der Waals surface area contributed by atoms with Crippen molar-refractivity contribution in [2.45, 2.75) is 26.2 Å². The van der Waals surface area contributed by atoms with E-state index in [1.165, 1.54) is 18.2 Å². The van der Waals surface area contributed by atoms with Crippen LogP contribution in [0.2, 0.25) is 0 Å². The summed E-state index contributed by atoms with van der Waals surface area (Å²) in [5, 5.41) is 15.8. The number of benzene rings is 2. The SMILES string of the molecule is CC[C@@H](C)c1ccccc1NC(=O)COC(=O)CNC(=O)c1cccc([N+](=O)[O-])c1. The van der Waals surface area contributed by atoms with Crippen molar-refractivity contribution in [1.82, 2.24) is 5.32 Å². The highest BCUT2D eigenvalue weighted by Crippen LogP contribution is 2.26. The lowest BCUT2D eigenvalue weighted by Crippen LogP contribution is -2.32. The molecule has 30 heavy (non-hydrogen) atoms. The quantitative estimate of drug-likeness (QED) is 0.369. The Morgan fingerprint density at radius 3 is 2.57 bits per heavy atom. The number of carbonyl (C=O) groups excluding carboxylic acids is 3. The number of nitro groups is 1. The van der Waals surface area contributed by atoms with Crippen LogP contribution in [0.4, 0.5) is 11.4 Å². The van der Waals surface area contributed by atoms with E-state index in [2.05, 4.69) is 17.6 Å². The third-order valence-electron chi connectivity index (χ3n) is 4.45. The number of para-hydroxylation sites is 1.